The van der Waals surface area contributed by atoms with Crippen molar-refractivity contribution in [1.29, 1.82) is 0 Å². The van der Waals surface area contributed by atoms with Crippen LogP contribution in [-0.4, -0.2) is 16.9 Å². The topological polar surface area (TPSA) is 82.2 Å². The van der Waals surface area contributed by atoms with Gasteiger partial charge in [0, 0.05) is 13.6 Å². The summed E-state index contributed by atoms with van der Waals surface area (Å²) in [6.07, 6.45) is 0. The average molecular weight is 363 g/mol. The van der Waals surface area contributed by atoms with Gasteiger partial charge in [-0.3, -0.25) is 4.79 Å². The number of benzene rings is 2. The molecule has 25 heavy (non-hydrogen) atoms. The van der Waals surface area contributed by atoms with E-state index in [1.54, 1.807) is 19.2 Å². The van der Waals surface area contributed by atoms with Crippen molar-refractivity contribution >= 4 is 33.9 Å². The molecule has 0 aliphatic rings. The van der Waals surface area contributed by atoms with Gasteiger partial charge < -0.3 is 15.8 Å². The van der Waals surface area contributed by atoms with Crippen LogP contribution in [0.5, 0.6) is 5.75 Å². The number of hydrogen-bond acceptors (Lipinski definition) is 5. The van der Waals surface area contributed by atoms with Crippen LogP contribution < -0.4 is 21.3 Å². The Morgan fingerprint density at radius 1 is 1.36 bits per heavy atom. The second-order valence-electron chi connectivity index (χ2n) is 5.49. The maximum atomic E-state index is 14.6. The number of nitrogens with two attached hydrogens (primary N) is 1. The fourth-order valence-corrected chi connectivity index (χ4v) is 2.80. The predicted molar refractivity (Wildman–Crippen MR) is 96.7 cm³/mol. The second-order valence-corrected chi connectivity index (χ2v) is 5.89. The number of aromatic nitrogens is 2. The fourth-order valence-electron chi connectivity index (χ4n) is 2.59. The summed E-state index contributed by atoms with van der Waals surface area (Å²) in [5, 5.41) is 7.16. The number of halogens is 2. The van der Waals surface area contributed by atoms with Gasteiger partial charge in [-0.1, -0.05) is 23.7 Å². The monoisotopic (exact) mass is 362 g/mol. The third kappa shape index (κ3) is 3.10. The highest BCUT2D eigenvalue weighted by atomic mass is 35.5. The number of nitrogens with one attached hydrogen (secondary N) is 1. The molecule has 1 heterocycles. The van der Waals surface area contributed by atoms with Crippen LogP contribution in [0.4, 0.5) is 15.9 Å². The molecule has 0 aliphatic carbocycles. The van der Waals surface area contributed by atoms with Gasteiger partial charge in [-0.25, -0.2) is 9.07 Å². The minimum absolute atomic E-state index is 0.0462. The predicted octanol–water partition coefficient (Wildman–Crippen LogP) is 2.93. The molecule has 0 spiro atoms. The zero-order valence-electron chi connectivity index (χ0n) is 13.6. The Balaban J connectivity index is 2.06. The van der Waals surface area contributed by atoms with Gasteiger partial charge >= 0.3 is 0 Å². The smallest absolute Gasteiger partial charge is 0.274 e. The molecule has 0 aliphatic heterocycles. The quantitative estimate of drug-likeness (QED) is 0.745. The SMILES string of the molecule is COc1ccc(CNc2c(F)c(Cl)cc3c(=O)n(C)nc(N)c23)cc1. The van der Waals surface area contributed by atoms with Gasteiger partial charge in [-0.2, -0.15) is 5.10 Å². The Morgan fingerprint density at radius 3 is 2.68 bits per heavy atom. The molecule has 130 valence electrons. The molecular weight excluding hydrogens is 347 g/mol. The number of methoxy groups -OCH3 is 1. The van der Waals surface area contributed by atoms with Gasteiger partial charge in [-0.15, -0.1) is 0 Å². The molecule has 3 aromatic rings. The molecular formula is C17H16ClFN4O2. The van der Waals surface area contributed by atoms with Crippen LogP contribution in [0.15, 0.2) is 35.1 Å². The molecule has 0 radical (unpaired) electrons. The summed E-state index contributed by atoms with van der Waals surface area (Å²) in [6.45, 7) is 0.311. The maximum Gasteiger partial charge on any atom is 0.274 e. The number of rotatable bonds is 4. The van der Waals surface area contributed by atoms with E-state index in [4.69, 9.17) is 22.1 Å². The Labute approximate surface area is 148 Å². The summed E-state index contributed by atoms with van der Waals surface area (Å²) in [5.74, 6) is 0.0920. The van der Waals surface area contributed by atoms with Crippen LogP contribution in [0, 0.1) is 5.82 Å². The molecule has 0 fully saturated rings. The number of nitrogen functional groups attached to an aromatic ring is 1. The molecule has 3 rings (SSSR count). The zero-order valence-corrected chi connectivity index (χ0v) is 14.4. The molecule has 6 nitrogen and oxygen atoms in total. The van der Waals surface area contributed by atoms with E-state index < -0.39 is 11.4 Å². The molecule has 0 atom stereocenters. The second kappa shape index (κ2) is 6.60. The van der Waals surface area contributed by atoms with Crippen LogP contribution in [0.1, 0.15) is 5.56 Å². The zero-order chi connectivity index (χ0) is 18.1. The largest absolute Gasteiger partial charge is 0.497 e. The average Bonchev–Trinajstić information content (AvgIpc) is 2.61. The van der Waals surface area contributed by atoms with Crippen molar-refractivity contribution in [3.8, 4) is 5.75 Å². The highest BCUT2D eigenvalue weighted by molar-refractivity contribution is 6.32. The lowest BCUT2D eigenvalue weighted by Crippen LogP contribution is -2.22. The lowest BCUT2D eigenvalue weighted by atomic mass is 10.1. The molecule has 0 saturated carbocycles. The van der Waals surface area contributed by atoms with Crippen molar-refractivity contribution in [3.63, 3.8) is 0 Å². The number of aryl methyl sites for hydroxylation is 1. The van der Waals surface area contributed by atoms with E-state index in [0.717, 1.165) is 16.0 Å². The molecule has 8 heteroatoms. The van der Waals surface area contributed by atoms with Crippen molar-refractivity contribution < 1.29 is 9.13 Å². The Hall–Kier alpha value is -2.80. The number of ether oxygens (including phenoxy) is 1. The summed E-state index contributed by atoms with van der Waals surface area (Å²) in [7, 11) is 3.05. The standard InChI is InChI=1S/C17H16ClFN4O2/c1-23-17(24)11-7-12(18)14(19)15(13(11)16(20)22-23)21-8-9-3-5-10(25-2)6-4-9/h3-7,21H,8H2,1-2H3,(H2,20,22). The van der Waals surface area contributed by atoms with Gasteiger partial charge in [0.05, 0.1) is 28.6 Å². The minimum Gasteiger partial charge on any atom is -0.497 e. The van der Waals surface area contributed by atoms with Crippen LogP contribution in [0.25, 0.3) is 10.8 Å². The Kier molecular flexibility index (Phi) is 4.50. The van der Waals surface area contributed by atoms with Gasteiger partial charge in [0.1, 0.15) is 5.75 Å². The molecule has 0 unspecified atom stereocenters. The van der Waals surface area contributed by atoms with E-state index in [9.17, 15) is 9.18 Å². The molecule has 3 N–H and O–H groups in total. The van der Waals surface area contributed by atoms with E-state index in [1.807, 2.05) is 12.1 Å². The van der Waals surface area contributed by atoms with Gasteiger partial charge in [0.2, 0.25) is 0 Å². The molecule has 0 bridgehead atoms. The van der Waals surface area contributed by atoms with Crippen LogP contribution in [-0.2, 0) is 13.6 Å². The van der Waals surface area contributed by atoms with Gasteiger partial charge in [0.15, 0.2) is 11.6 Å². The summed E-state index contributed by atoms with van der Waals surface area (Å²) >= 11 is 5.95. The normalized spacial score (nSPS) is 10.9. The highest BCUT2D eigenvalue weighted by Gasteiger charge is 2.18. The van der Waals surface area contributed by atoms with Gasteiger partial charge in [-0.05, 0) is 23.8 Å². The number of nitrogens with zero attached hydrogens (tertiary/aromatic N) is 2. The summed E-state index contributed by atoms with van der Waals surface area (Å²) in [4.78, 5) is 12.3. The molecule has 2 aromatic carbocycles. The lowest BCUT2D eigenvalue weighted by Gasteiger charge is -2.14. The first-order chi connectivity index (χ1) is 11.9. The van der Waals surface area contributed by atoms with Gasteiger partial charge in [0.25, 0.3) is 5.56 Å². The fraction of sp³-hybridized carbons (Fsp3) is 0.176. The third-order valence-electron chi connectivity index (χ3n) is 3.89. The van der Waals surface area contributed by atoms with Crippen LogP contribution in [0.3, 0.4) is 0 Å². The maximum absolute atomic E-state index is 14.6. The van der Waals surface area contributed by atoms with Crippen molar-refractivity contribution in [2.24, 2.45) is 7.05 Å². The summed E-state index contributed by atoms with van der Waals surface area (Å²) < 4.78 is 20.8. The van der Waals surface area contributed by atoms with Crippen molar-refractivity contribution in [2.75, 3.05) is 18.2 Å². The highest BCUT2D eigenvalue weighted by Crippen LogP contribution is 2.33. The van der Waals surface area contributed by atoms with Crippen molar-refractivity contribution in [3.05, 3.63) is 57.1 Å². The molecule has 1 aromatic heterocycles. The Morgan fingerprint density at radius 2 is 2.04 bits per heavy atom. The van der Waals surface area contributed by atoms with E-state index in [0.29, 0.717) is 6.54 Å². The molecule has 0 amide bonds. The first-order valence-electron chi connectivity index (χ1n) is 7.43. The number of anilines is 2. The van der Waals surface area contributed by atoms with Crippen LogP contribution >= 0.6 is 11.6 Å². The van der Waals surface area contributed by atoms with E-state index in [2.05, 4.69) is 10.4 Å². The van der Waals surface area contributed by atoms with Crippen molar-refractivity contribution in [1.82, 2.24) is 9.78 Å². The van der Waals surface area contributed by atoms with Crippen molar-refractivity contribution in [2.45, 2.75) is 6.54 Å². The first kappa shape index (κ1) is 17.0. The van der Waals surface area contributed by atoms with E-state index in [1.165, 1.54) is 13.1 Å². The summed E-state index contributed by atoms with van der Waals surface area (Å²) in [6, 6.07) is 8.56. The first-order valence-corrected chi connectivity index (χ1v) is 7.81. The Bertz CT molecular complexity index is 1000. The lowest BCUT2D eigenvalue weighted by molar-refractivity contribution is 0.414. The number of hydrogen-bond donors (Lipinski definition) is 2. The van der Waals surface area contributed by atoms with E-state index in [-0.39, 0.29) is 27.3 Å². The van der Waals surface area contributed by atoms with Crippen LogP contribution in [0.2, 0.25) is 5.02 Å². The minimum atomic E-state index is -0.676. The summed E-state index contributed by atoms with van der Waals surface area (Å²) in [5.41, 5.74) is 6.46. The van der Waals surface area contributed by atoms with E-state index >= 15 is 0 Å². The molecule has 0 saturated heterocycles. The number of fused-ring (bicyclic) bond motifs is 1. The third-order valence-corrected chi connectivity index (χ3v) is 4.16.